The van der Waals surface area contributed by atoms with Gasteiger partial charge in [0.15, 0.2) is 15.6 Å². The van der Waals surface area contributed by atoms with Crippen molar-refractivity contribution in [2.75, 3.05) is 5.75 Å². The summed E-state index contributed by atoms with van der Waals surface area (Å²) >= 11 is 0. The van der Waals surface area contributed by atoms with Gasteiger partial charge in [0, 0.05) is 0 Å². The van der Waals surface area contributed by atoms with Crippen LogP contribution < -0.4 is 0 Å². The van der Waals surface area contributed by atoms with Crippen LogP contribution in [0.4, 0.5) is 4.39 Å². The summed E-state index contributed by atoms with van der Waals surface area (Å²) in [5.74, 6) is -2.45. The number of hydrogen-bond donors (Lipinski definition) is 0. The van der Waals surface area contributed by atoms with Crippen molar-refractivity contribution in [2.45, 2.75) is 30.4 Å². The van der Waals surface area contributed by atoms with Gasteiger partial charge in [-0.15, -0.1) is 0 Å². The average Bonchev–Trinajstić information content (AvgIpc) is 2.39. The minimum atomic E-state index is -3.49. The largest absolute Gasteiger partial charge is 0.296 e. The van der Waals surface area contributed by atoms with Crippen LogP contribution in [0.1, 0.15) is 30.7 Å². The first-order chi connectivity index (χ1) is 9.45. The minimum Gasteiger partial charge on any atom is -0.296 e. The lowest BCUT2D eigenvalue weighted by molar-refractivity contribution is -0.119. The fraction of sp³-hybridized carbons (Fsp3) is 0.429. The number of rotatable bonds is 3. The van der Waals surface area contributed by atoms with E-state index in [0.29, 0.717) is 12.8 Å². The first-order valence-corrected chi connectivity index (χ1v) is 8.07. The molecule has 2 rings (SSSR count). The number of Topliss-reactive ketones (excluding diaryl/α,β-unsaturated/α-hetero) is 1. The molecule has 0 aliphatic carbocycles. The van der Waals surface area contributed by atoms with Gasteiger partial charge in [-0.25, -0.2) is 12.8 Å². The van der Waals surface area contributed by atoms with Gasteiger partial charge in [0.05, 0.1) is 11.8 Å². The van der Waals surface area contributed by atoms with Gasteiger partial charge in [-0.3, -0.25) is 4.79 Å². The fourth-order valence-electron chi connectivity index (χ4n) is 2.45. The lowest BCUT2D eigenvalue weighted by Gasteiger charge is -2.23. The Hall–Kier alpha value is -1.74. The second-order valence-corrected chi connectivity index (χ2v) is 7.17. The topological polar surface area (TPSA) is 75.0 Å². The molecule has 1 saturated heterocycles. The van der Waals surface area contributed by atoms with E-state index >= 15 is 0 Å². The molecule has 1 heterocycles. The molecule has 0 amide bonds. The van der Waals surface area contributed by atoms with E-state index in [2.05, 4.69) is 0 Å². The number of carbonyl (C=O) groups is 1. The van der Waals surface area contributed by atoms with Crippen molar-refractivity contribution in [3.63, 3.8) is 0 Å². The van der Waals surface area contributed by atoms with Crippen LogP contribution in [-0.4, -0.2) is 25.2 Å². The van der Waals surface area contributed by atoms with Crippen molar-refractivity contribution in [2.24, 2.45) is 0 Å². The highest BCUT2D eigenvalue weighted by Crippen LogP contribution is 2.27. The molecule has 106 valence electrons. The van der Waals surface area contributed by atoms with E-state index in [1.165, 1.54) is 18.2 Å². The minimum absolute atomic E-state index is 0.0231. The zero-order chi connectivity index (χ0) is 14.8. The zero-order valence-electron chi connectivity index (χ0n) is 10.8. The van der Waals surface area contributed by atoms with Crippen molar-refractivity contribution < 1.29 is 17.6 Å². The van der Waals surface area contributed by atoms with Crippen molar-refractivity contribution in [1.29, 1.82) is 5.26 Å². The molecule has 0 radical (unpaired) electrons. The van der Waals surface area contributed by atoms with Gasteiger partial charge >= 0.3 is 0 Å². The molecular weight excluding hydrogens is 281 g/mol. The third kappa shape index (κ3) is 2.88. The highest BCUT2D eigenvalue weighted by atomic mass is 32.2. The van der Waals surface area contributed by atoms with Gasteiger partial charge in [-0.05, 0) is 30.5 Å². The van der Waals surface area contributed by atoms with Crippen LogP contribution in [0.3, 0.4) is 0 Å². The number of carbonyl (C=O) groups excluding carboxylic acids is 1. The van der Waals surface area contributed by atoms with Crippen molar-refractivity contribution in [3.8, 4) is 6.07 Å². The van der Waals surface area contributed by atoms with Gasteiger partial charge in [0.25, 0.3) is 0 Å². The molecule has 20 heavy (non-hydrogen) atoms. The third-order valence-corrected chi connectivity index (χ3v) is 5.68. The molecule has 0 aromatic heterocycles. The number of benzene rings is 1. The maximum atomic E-state index is 13.2. The number of nitriles is 1. The van der Waals surface area contributed by atoms with Crippen molar-refractivity contribution in [3.05, 3.63) is 35.6 Å². The molecule has 1 aliphatic rings. The first kappa shape index (κ1) is 14.7. The Morgan fingerprint density at radius 1 is 1.40 bits per heavy atom. The molecule has 0 N–H and O–H groups in total. The monoisotopic (exact) mass is 295 g/mol. The number of sulfone groups is 1. The Morgan fingerprint density at radius 2 is 2.15 bits per heavy atom. The number of hydrogen-bond acceptors (Lipinski definition) is 4. The first-order valence-electron chi connectivity index (χ1n) is 6.36. The van der Waals surface area contributed by atoms with Gasteiger partial charge < -0.3 is 0 Å². The van der Waals surface area contributed by atoms with Crippen molar-refractivity contribution in [1.82, 2.24) is 0 Å². The van der Waals surface area contributed by atoms with Gasteiger partial charge in [0.2, 0.25) is 0 Å². The highest BCUT2D eigenvalue weighted by Gasteiger charge is 2.38. The van der Waals surface area contributed by atoms with Crippen LogP contribution in [0.25, 0.3) is 0 Å². The van der Waals surface area contributed by atoms with Gasteiger partial charge in [-0.1, -0.05) is 18.6 Å². The van der Waals surface area contributed by atoms with Crippen LogP contribution >= 0.6 is 0 Å². The molecule has 1 aromatic rings. The molecule has 2 atom stereocenters. The number of halogens is 1. The van der Waals surface area contributed by atoms with Gasteiger partial charge in [0.1, 0.15) is 17.0 Å². The summed E-state index contributed by atoms with van der Waals surface area (Å²) in [5, 5.41) is 8.02. The van der Waals surface area contributed by atoms with Gasteiger partial charge in [-0.2, -0.15) is 5.26 Å². The summed E-state index contributed by atoms with van der Waals surface area (Å²) < 4.78 is 37.1. The smallest absolute Gasteiger partial charge is 0.172 e. The summed E-state index contributed by atoms with van der Waals surface area (Å²) in [5.41, 5.74) is 0.207. The SMILES string of the molecule is N#CC(C(=O)C1CCCCS1(=O)=O)c1cccc(F)c1. The Morgan fingerprint density at radius 3 is 2.75 bits per heavy atom. The predicted octanol–water partition coefficient (Wildman–Crippen LogP) is 1.97. The van der Waals surface area contributed by atoms with E-state index in [0.717, 1.165) is 6.07 Å². The summed E-state index contributed by atoms with van der Waals surface area (Å²) in [4.78, 5) is 12.3. The maximum Gasteiger partial charge on any atom is 0.172 e. The van der Waals surface area contributed by atoms with E-state index in [-0.39, 0.29) is 17.7 Å². The van der Waals surface area contributed by atoms with E-state index in [1.54, 1.807) is 6.07 Å². The standard InChI is InChI=1S/C14H14FNO3S/c15-11-5-3-4-10(8-11)12(9-16)14(17)13-6-1-2-7-20(13,18)19/h3-5,8,12-13H,1-2,6-7H2. The molecular formula is C14H14FNO3S. The molecule has 0 saturated carbocycles. The van der Waals surface area contributed by atoms with Crippen LogP contribution in [-0.2, 0) is 14.6 Å². The summed E-state index contributed by atoms with van der Waals surface area (Å²) in [6, 6.07) is 6.97. The molecule has 6 heteroatoms. The number of nitrogens with zero attached hydrogens (tertiary/aromatic N) is 1. The quantitative estimate of drug-likeness (QED) is 0.854. The lowest BCUT2D eigenvalue weighted by Crippen LogP contribution is -2.38. The van der Waals surface area contributed by atoms with Crippen molar-refractivity contribution >= 4 is 15.6 Å². The summed E-state index contributed by atoms with van der Waals surface area (Å²) in [6.07, 6.45) is 1.44. The van der Waals surface area contributed by atoms with E-state index in [1.807, 2.05) is 0 Å². The average molecular weight is 295 g/mol. The molecule has 4 nitrogen and oxygen atoms in total. The van der Waals surface area contributed by atoms with E-state index in [4.69, 9.17) is 5.26 Å². The molecule has 1 aromatic carbocycles. The Balaban J connectivity index is 2.33. The maximum absolute atomic E-state index is 13.2. The molecule has 1 aliphatic heterocycles. The fourth-order valence-corrected chi connectivity index (χ4v) is 4.36. The predicted molar refractivity (Wildman–Crippen MR) is 71.2 cm³/mol. The zero-order valence-corrected chi connectivity index (χ0v) is 11.6. The number of ketones is 1. The lowest BCUT2D eigenvalue weighted by atomic mass is 9.92. The second kappa shape index (κ2) is 5.71. The molecule has 2 unspecified atom stereocenters. The highest BCUT2D eigenvalue weighted by molar-refractivity contribution is 7.92. The molecule has 0 bridgehead atoms. The van der Waals surface area contributed by atoms with Crippen LogP contribution in [0, 0.1) is 17.1 Å². The summed E-state index contributed by atoms with van der Waals surface area (Å²) in [7, 11) is -3.49. The second-order valence-electron chi connectivity index (χ2n) is 4.87. The third-order valence-electron chi connectivity index (χ3n) is 3.49. The van der Waals surface area contributed by atoms with Crippen LogP contribution in [0.2, 0.25) is 0 Å². The molecule has 1 fully saturated rings. The van der Waals surface area contributed by atoms with E-state index in [9.17, 15) is 17.6 Å². The Bertz CT molecular complexity index is 663. The Labute approximate surface area is 117 Å². The van der Waals surface area contributed by atoms with Crippen LogP contribution in [0.5, 0.6) is 0 Å². The Kier molecular flexibility index (Phi) is 4.19. The normalized spacial score (nSPS) is 22.7. The summed E-state index contributed by atoms with van der Waals surface area (Å²) in [6.45, 7) is 0. The molecule has 0 spiro atoms. The van der Waals surface area contributed by atoms with Crippen LogP contribution in [0.15, 0.2) is 24.3 Å². The van der Waals surface area contributed by atoms with E-state index < -0.39 is 32.6 Å².